The van der Waals surface area contributed by atoms with E-state index in [-0.39, 0.29) is 0 Å². The first-order chi connectivity index (χ1) is 6.88. The zero-order valence-electron chi connectivity index (χ0n) is 8.52. The summed E-state index contributed by atoms with van der Waals surface area (Å²) >= 11 is 0. The third-order valence-corrected chi connectivity index (χ3v) is 2.62. The summed E-state index contributed by atoms with van der Waals surface area (Å²) in [6.07, 6.45) is 8.02. The van der Waals surface area contributed by atoms with Gasteiger partial charge in [-0.3, -0.25) is 4.68 Å². The molecule has 2 rings (SSSR count). The summed E-state index contributed by atoms with van der Waals surface area (Å²) in [5.74, 6) is 0.869. The van der Waals surface area contributed by atoms with Crippen LogP contribution >= 0.6 is 0 Å². The zero-order valence-corrected chi connectivity index (χ0v) is 8.52. The van der Waals surface area contributed by atoms with Crippen molar-refractivity contribution in [2.24, 2.45) is 11.7 Å². The highest BCUT2D eigenvalue weighted by Gasteiger charge is 2.22. The summed E-state index contributed by atoms with van der Waals surface area (Å²) in [6, 6.07) is 0. The van der Waals surface area contributed by atoms with Crippen LogP contribution in [0.15, 0.2) is 6.20 Å². The van der Waals surface area contributed by atoms with E-state index < -0.39 is 0 Å². The highest BCUT2D eigenvalue weighted by Crippen LogP contribution is 2.30. The molecule has 0 atom stereocenters. The van der Waals surface area contributed by atoms with Crippen LogP contribution in [0.2, 0.25) is 0 Å². The largest absolute Gasteiger partial charge is 0.330 e. The smallest absolute Gasteiger partial charge is 0.0827 e. The van der Waals surface area contributed by atoms with Crippen LogP contribution in [0.4, 0.5) is 0 Å². The second-order valence-electron chi connectivity index (χ2n) is 4.12. The summed E-state index contributed by atoms with van der Waals surface area (Å²) in [6.45, 7) is 1.83. The molecular formula is C10H18N4. The van der Waals surface area contributed by atoms with Gasteiger partial charge in [0.05, 0.1) is 5.69 Å². The average molecular weight is 194 g/mol. The van der Waals surface area contributed by atoms with Crippen molar-refractivity contribution < 1.29 is 0 Å². The lowest BCUT2D eigenvalue weighted by Gasteiger charge is -1.95. The topological polar surface area (TPSA) is 56.7 Å². The zero-order chi connectivity index (χ0) is 9.80. The van der Waals surface area contributed by atoms with Crippen LogP contribution in [0.5, 0.6) is 0 Å². The predicted octanol–water partition coefficient (Wildman–Crippen LogP) is 0.969. The van der Waals surface area contributed by atoms with Gasteiger partial charge in [0.1, 0.15) is 0 Å². The molecule has 1 aromatic heterocycles. The Kier molecular flexibility index (Phi) is 3.14. The molecule has 0 amide bonds. The van der Waals surface area contributed by atoms with Crippen molar-refractivity contribution in [3.8, 4) is 0 Å². The van der Waals surface area contributed by atoms with Gasteiger partial charge < -0.3 is 5.73 Å². The van der Waals surface area contributed by atoms with Gasteiger partial charge in [0, 0.05) is 12.7 Å². The lowest BCUT2D eigenvalue weighted by atomic mass is 10.2. The van der Waals surface area contributed by atoms with E-state index >= 15 is 0 Å². The second-order valence-corrected chi connectivity index (χ2v) is 4.12. The summed E-state index contributed by atoms with van der Waals surface area (Å²) in [7, 11) is 0. The van der Waals surface area contributed by atoms with E-state index in [1.54, 1.807) is 0 Å². The van der Waals surface area contributed by atoms with Gasteiger partial charge in [-0.25, -0.2) is 0 Å². The van der Waals surface area contributed by atoms with Gasteiger partial charge in [-0.05, 0) is 44.6 Å². The Morgan fingerprint density at radius 3 is 3.00 bits per heavy atom. The van der Waals surface area contributed by atoms with E-state index in [9.17, 15) is 0 Å². The van der Waals surface area contributed by atoms with Gasteiger partial charge >= 0.3 is 0 Å². The molecule has 1 aliphatic carbocycles. The van der Waals surface area contributed by atoms with Crippen LogP contribution in [0.3, 0.4) is 0 Å². The molecule has 0 saturated heterocycles. The molecule has 0 unspecified atom stereocenters. The molecule has 1 saturated carbocycles. The number of aromatic nitrogens is 3. The van der Waals surface area contributed by atoms with E-state index in [0.29, 0.717) is 0 Å². The molecule has 4 heteroatoms. The summed E-state index contributed by atoms with van der Waals surface area (Å²) in [5, 5.41) is 8.25. The first-order valence-corrected chi connectivity index (χ1v) is 5.47. The Morgan fingerprint density at radius 1 is 1.43 bits per heavy atom. The molecule has 14 heavy (non-hydrogen) atoms. The lowest BCUT2D eigenvalue weighted by molar-refractivity contribution is 0.544. The molecule has 0 aliphatic heterocycles. The number of unbranched alkanes of at least 4 members (excludes halogenated alkanes) is 1. The van der Waals surface area contributed by atoms with Crippen LogP contribution in [-0.2, 0) is 13.0 Å². The number of nitrogens with two attached hydrogens (primary N) is 1. The third kappa shape index (κ3) is 2.80. The van der Waals surface area contributed by atoms with Gasteiger partial charge in [-0.15, -0.1) is 5.10 Å². The SMILES string of the molecule is NCCCCc1cn(CC2CC2)nn1. The molecule has 1 aliphatic rings. The van der Waals surface area contributed by atoms with E-state index in [4.69, 9.17) is 5.73 Å². The molecule has 4 nitrogen and oxygen atoms in total. The molecule has 1 fully saturated rings. The molecule has 1 heterocycles. The molecule has 78 valence electrons. The average Bonchev–Trinajstić information content (AvgIpc) is 2.87. The third-order valence-electron chi connectivity index (χ3n) is 2.62. The van der Waals surface area contributed by atoms with Crippen molar-refractivity contribution >= 4 is 0 Å². The minimum Gasteiger partial charge on any atom is -0.330 e. The predicted molar refractivity (Wildman–Crippen MR) is 54.7 cm³/mol. The highest BCUT2D eigenvalue weighted by atomic mass is 15.4. The van der Waals surface area contributed by atoms with Crippen molar-refractivity contribution in [2.45, 2.75) is 38.6 Å². The molecule has 0 spiro atoms. The minimum atomic E-state index is 0.774. The molecule has 0 aromatic carbocycles. The fourth-order valence-corrected chi connectivity index (χ4v) is 1.56. The second kappa shape index (κ2) is 4.55. The Balaban J connectivity index is 1.76. The van der Waals surface area contributed by atoms with Crippen molar-refractivity contribution in [3.05, 3.63) is 11.9 Å². The molecule has 0 radical (unpaired) electrons. The Morgan fingerprint density at radius 2 is 2.29 bits per heavy atom. The minimum absolute atomic E-state index is 0.774. The van der Waals surface area contributed by atoms with Crippen LogP contribution in [0.25, 0.3) is 0 Å². The standard InChI is InChI=1S/C10H18N4/c11-6-2-1-3-10-8-14(13-12-10)7-9-4-5-9/h8-9H,1-7,11H2. The number of nitrogens with zero attached hydrogens (tertiary/aromatic N) is 3. The van der Waals surface area contributed by atoms with Gasteiger partial charge in [0.2, 0.25) is 0 Å². The number of aryl methyl sites for hydroxylation is 1. The van der Waals surface area contributed by atoms with Crippen LogP contribution in [0, 0.1) is 5.92 Å². The normalized spacial score (nSPS) is 16.1. The fourth-order valence-electron chi connectivity index (χ4n) is 1.56. The number of hydrogen-bond acceptors (Lipinski definition) is 3. The van der Waals surface area contributed by atoms with Crippen molar-refractivity contribution in [1.82, 2.24) is 15.0 Å². The van der Waals surface area contributed by atoms with Crippen LogP contribution in [0.1, 0.15) is 31.4 Å². The van der Waals surface area contributed by atoms with Crippen molar-refractivity contribution in [1.29, 1.82) is 0 Å². The van der Waals surface area contributed by atoms with E-state index in [1.807, 2.05) is 4.68 Å². The van der Waals surface area contributed by atoms with Gasteiger partial charge in [0.25, 0.3) is 0 Å². The van der Waals surface area contributed by atoms with E-state index in [0.717, 1.165) is 44.0 Å². The maximum atomic E-state index is 5.43. The number of rotatable bonds is 6. The maximum Gasteiger partial charge on any atom is 0.0827 e. The summed E-state index contributed by atoms with van der Waals surface area (Å²) < 4.78 is 1.98. The van der Waals surface area contributed by atoms with Gasteiger partial charge in [-0.1, -0.05) is 5.21 Å². The number of hydrogen-bond donors (Lipinski definition) is 1. The van der Waals surface area contributed by atoms with Gasteiger partial charge in [-0.2, -0.15) is 0 Å². The monoisotopic (exact) mass is 194 g/mol. The summed E-state index contributed by atoms with van der Waals surface area (Å²) in [5.41, 5.74) is 6.54. The molecule has 1 aromatic rings. The molecule has 0 bridgehead atoms. The molecule has 2 N–H and O–H groups in total. The molecular weight excluding hydrogens is 176 g/mol. The van der Waals surface area contributed by atoms with Crippen molar-refractivity contribution in [2.75, 3.05) is 6.54 Å². The van der Waals surface area contributed by atoms with Crippen LogP contribution < -0.4 is 5.73 Å². The first-order valence-electron chi connectivity index (χ1n) is 5.47. The Labute approximate surface area is 84.5 Å². The first kappa shape index (κ1) is 9.65. The lowest BCUT2D eigenvalue weighted by Crippen LogP contribution is -2.00. The van der Waals surface area contributed by atoms with Gasteiger partial charge in [0.15, 0.2) is 0 Å². The quantitative estimate of drug-likeness (QED) is 0.686. The fraction of sp³-hybridized carbons (Fsp3) is 0.800. The Hall–Kier alpha value is -0.900. The van der Waals surface area contributed by atoms with E-state index in [2.05, 4.69) is 16.5 Å². The van der Waals surface area contributed by atoms with Crippen LogP contribution in [-0.4, -0.2) is 21.5 Å². The van der Waals surface area contributed by atoms with Crippen molar-refractivity contribution in [3.63, 3.8) is 0 Å². The maximum absolute atomic E-state index is 5.43. The highest BCUT2D eigenvalue weighted by molar-refractivity contribution is 4.92. The summed E-state index contributed by atoms with van der Waals surface area (Å²) in [4.78, 5) is 0. The Bertz CT molecular complexity index is 277. The van der Waals surface area contributed by atoms with E-state index in [1.165, 1.54) is 12.8 Å².